The highest BCUT2D eigenvalue weighted by Gasteiger charge is 2.20. The Bertz CT molecular complexity index is 778. The van der Waals surface area contributed by atoms with Gasteiger partial charge in [-0.05, 0) is 29.8 Å². The molecule has 6 nitrogen and oxygen atoms in total. The number of benzene rings is 2. The van der Waals surface area contributed by atoms with Crippen molar-refractivity contribution in [2.24, 2.45) is 0 Å². The zero-order valence-corrected chi connectivity index (χ0v) is 15.7. The van der Waals surface area contributed by atoms with Crippen LogP contribution in [-0.2, 0) is 16.1 Å². The molecule has 138 valence electrons. The molecule has 0 unspecified atom stereocenters. The van der Waals surface area contributed by atoms with Crippen LogP contribution in [0.25, 0.3) is 0 Å². The molecule has 0 aliphatic heterocycles. The Balaban J connectivity index is 2.11. The Labute approximate surface area is 157 Å². The Morgan fingerprint density at radius 3 is 2.35 bits per heavy atom. The Kier molecular flexibility index (Phi) is 6.86. The van der Waals surface area contributed by atoms with Crippen molar-refractivity contribution in [3.8, 4) is 11.5 Å². The van der Waals surface area contributed by atoms with E-state index in [1.165, 1.54) is 26.0 Å². The zero-order valence-electron chi connectivity index (χ0n) is 14.9. The number of ether oxygens (including phenoxy) is 2. The van der Waals surface area contributed by atoms with Gasteiger partial charge in [0, 0.05) is 24.6 Å². The minimum atomic E-state index is -0.292. The molecule has 2 amide bonds. The topological polar surface area (TPSA) is 67.9 Å². The van der Waals surface area contributed by atoms with Crippen LogP contribution in [0.15, 0.2) is 42.5 Å². The van der Waals surface area contributed by atoms with Crippen molar-refractivity contribution in [2.75, 3.05) is 25.7 Å². The van der Waals surface area contributed by atoms with Gasteiger partial charge in [-0.3, -0.25) is 14.5 Å². The molecule has 0 heterocycles. The van der Waals surface area contributed by atoms with Crippen LogP contribution in [0.3, 0.4) is 0 Å². The fraction of sp³-hybridized carbons (Fsp3) is 0.263. The second-order valence-electron chi connectivity index (χ2n) is 5.55. The van der Waals surface area contributed by atoms with Crippen molar-refractivity contribution in [3.05, 3.63) is 53.1 Å². The molecule has 2 rings (SSSR count). The maximum Gasteiger partial charge on any atom is 0.240 e. The number of nitrogens with zero attached hydrogens (tertiary/aromatic N) is 1. The van der Waals surface area contributed by atoms with Gasteiger partial charge in [0.15, 0.2) is 0 Å². The summed E-state index contributed by atoms with van der Waals surface area (Å²) in [6.07, 6.45) is 0. The van der Waals surface area contributed by atoms with Crippen LogP contribution in [0.1, 0.15) is 12.5 Å². The minimum absolute atomic E-state index is 0.132. The molecule has 0 saturated carbocycles. The maximum atomic E-state index is 12.3. The van der Waals surface area contributed by atoms with Crippen LogP contribution in [0.2, 0.25) is 5.02 Å². The predicted molar refractivity (Wildman–Crippen MR) is 101 cm³/mol. The number of amides is 2. The number of anilines is 1. The third kappa shape index (κ3) is 5.13. The summed E-state index contributed by atoms with van der Waals surface area (Å²) in [5.74, 6) is 0.471. The SMILES string of the molecule is COc1ccc(OC)c(N(CC(=O)NCc2ccc(Cl)cc2)C(C)=O)c1. The molecule has 1 N–H and O–H groups in total. The molecule has 0 aliphatic carbocycles. The standard InChI is InChI=1S/C19H21ClN2O4/c1-13(23)22(17-10-16(25-2)8-9-18(17)26-3)12-19(24)21-11-14-4-6-15(20)7-5-14/h4-10H,11-12H2,1-3H3,(H,21,24). The Morgan fingerprint density at radius 2 is 1.77 bits per heavy atom. The molecular weight excluding hydrogens is 356 g/mol. The van der Waals surface area contributed by atoms with E-state index in [0.29, 0.717) is 28.8 Å². The van der Waals surface area contributed by atoms with Crippen LogP contribution < -0.4 is 19.7 Å². The van der Waals surface area contributed by atoms with Gasteiger partial charge >= 0.3 is 0 Å². The fourth-order valence-corrected chi connectivity index (χ4v) is 2.50. The Hall–Kier alpha value is -2.73. The van der Waals surface area contributed by atoms with E-state index < -0.39 is 0 Å². The quantitative estimate of drug-likeness (QED) is 0.806. The number of methoxy groups -OCH3 is 2. The molecule has 0 radical (unpaired) electrons. The van der Waals surface area contributed by atoms with E-state index in [4.69, 9.17) is 21.1 Å². The van der Waals surface area contributed by atoms with Crippen LogP contribution in [0, 0.1) is 0 Å². The number of hydrogen-bond acceptors (Lipinski definition) is 4. The Morgan fingerprint density at radius 1 is 1.08 bits per heavy atom. The monoisotopic (exact) mass is 376 g/mol. The third-order valence-electron chi connectivity index (χ3n) is 3.76. The summed E-state index contributed by atoms with van der Waals surface area (Å²) in [4.78, 5) is 25.8. The lowest BCUT2D eigenvalue weighted by atomic mass is 10.2. The summed E-state index contributed by atoms with van der Waals surface area (Å²) >= 11 is 5.85. The molecule has 0 saturated heterocycles. The van der Waals surface area contributed by atoms with Crippen molar-refractivity contribution in [3.63, 3.8) is 0 Å². The van der Waals surface area contributed by atoms with Gasteiger partial charge in [-0.2, -0.15) is 0 Å². The number of carbonyl (C=O) groups excluding carboxylic acids is 2. The summed E-state index contributed by atoms with van der Waals surface area (Å²) in [7, 11) is 3.03. The van der Waals surface area contributed by atoms with E-state index >= 15 is 0 Å². The molecule has 0 bridgehead atoms. The predicted octanol–water partition coefficient (Wildman–Crippen LogP) is 3.03. The lowest BCUT2D eigenvalue weighted by Crippen LogP contribution is -2.39. The molecule has 0 fully saturated rings. The fourth-order valence-electron chi connectivity index (χ4n) is 2.38. The highest BCUT2D eigenvalue weighted by atomic mass is 35.5. The molecule has 7 heteroatoms. The highest BCUT2D eigenvalue weighted by molar-refractivity contribution is 6.30. The van der Waals surface area contributed by atoms with Crippen molar-refractivity contribution >= 4 is 29.1 Å². The summed E-state index contributed by atoms with van der Waals surface area (Å²) in [5, 5.41) is 3.42. The largest absolute Gasteiger partial charge is 0.497 e. The normalized spacial score (nSPS) is 10.2. The molecule has 0 aromatic heterocycles. The second-order valence-corrected chi connectivity index (χ2v) is 5.98. The summed E-state index contributed by atoms with van der Waals surface area (Å²) < 4.78 is 10.5. The van der Waals surface area contributed by atoms with E-state index in [-0.39, 0.29) is 18.4 Å². The van der Waals surface area contributed by atoms with Crippen molar-refractivity contribution < 1.29 is 19.1 Å². The van der Waals surface area contributed by atoms with Gasteiger partial charge in [0.1, 0.15) is 18.0 Å². The number of hydrogen-bond donors (Lipinski definition) is 1. The molecule has 2 aromatic carbocycles. The van der Waals surface area contributed by atoms with E-state index in [0.717, 1.165) is 5.56 Å². The van der Waals surface area contributed by atoms with Crippen molar-refractivity contribution in [1.82, 2.24) is 5.32 Å². The molecule has 0 aliphatic rings. The average molecular weight is 377 g/mol. The summed E-state index contributed by atoms with van der Waals surface area (Å²) in [5.41, 5.74) is 1.39. The van der Waals surface area contributed by atoms with Crippen molar-refractivity contribution in [2.45, 2.75) is 13.5 Å². The van der Waals surface area contributed by atoms with Crippen LogP contribution in [0.4, 0.5) is 5.69 Å². The third-order valence-corrected chi connectivity index (χ3v) is 4.01. The molecule has 26 heavy (non-hydrogen) atoms. The van der Waals surface area contributed by atoms with Gasteiger partial charge in [-0.1, -0.05) is 23.7 Å². The highest BCUT2D eigenvalue weighted by Crippen LogP contribution is 2.32. The van der Waals surface area contributed by atoms with Crippen LogP contribution >= 0.6 is 11.6 Å². The van der Waals surface area contributed by atoms with Gasteiger partial charge in [0.2, 0.25) is 11.8 Å². The number of halogens is 1. The minimum Gasteiger partial charge on any atom is -0.497 e. The first kappa shape index (κ1) is 19.6. The average Bonchev–Trinajstić information content (AvgIpc) is 2.64. The summed E-state index contributed by atoms with van der Waals surface area (Å²) in [6, 6.07) is 12.2. The molecule has 0 atom stereocenters. The first-order chi connectivity index (χ1) is 12.4. The van der Waals surface area contributed by atoms with E-state index in [1.807, 2.05) is 12.1 Å². The molecule has 2 aromatic rings. The lowest BCUT2D eigenvalue weighted by Gasteiger charge is -2.23. The first-order valence-electron chi connectivity index (χ1n) is 7.96. The number of nitrogens with one attached hydrogen (secondary N) is 1. The van der Waals surface area contributed by atoms with Crippen LogP contribution in [0.5, 0.6) is 11.5 Å². The van der Waals surface area contributed by atoms with Gasteiger partial charge < -0.3 is 14.8 Å². The van der Waals surface area contributed by atoms with Gasteiger partial charge in [-0.25, -0.2) is 0 Å². The van der Waals surface area contributed by atoms with Gasteiger partial charge in [0.25, 0.3) is 0 Å². The first-order valence-corrected chi connectivity index (χ1v) is 8.33. The number of carbonyl (C=O) groups is 2. The van der Waals surface area contributed by atoms with Gasteiger partial charge in [0.05, 0.1) is 19.9 Å². The van der Waals surface area contributed by atoms with Crippen LogP contribution in [-0.4, -0.2) is 32.6 Å². The van der Waals surface area contributed by atoms with E-state index in [9.17, 15) is 9.59 Å². The lowest BCUT2D eigenvalue weighted by molar-refractivity contribution is -0.123. The smallest absolute Gasteiger partial charge is 0.240 e. The molecular formula is C19H21ClN2O4. The summed E-state index contributed by atoms with van der Waals surface area (Å²) in [6.45, 7) is 1.61. The maximum absolute atomic E-state index is 12.3. The van der Waals surface area contributed by atoms with Gasteiger partial charge in [-0.15, -0.1) is 0 Å². The van der Waals surface area contributed by atoms with Crippen molar-refractivity contribution in [1.29, 1.82) is 0 Å². The zero-order chi connectivity index (χ0) is 19.1. The molecule has 0 spiro atoms. The number of rotatable bonds is 7. The van der Waals surface area contributed by atoms with E-state index in [1.54, 1.807) is 30.3 Å². The second kappa shape index (κ2) is 9.10. The van der Waals surface area contributed by atoms with E-state index in [2.05, 4.69) is 5.32 Å².